The minimum atomic E-state index is -0.0956. The molecule has 0 saturated heterocycles. The predicted molar refractivity (Wildman–Crippen MR) is 54.9 cm³/mol. The molecule has 13 heavy (non-hydrogen) atoms. The van der Waals surface area contributed by atoms with E-state index in [1.807, 2.05) is 6.92 Å². The lowest BCUT2D eigenvalue weighted by atomic mass is 9.99. The maximum Gasteiger partial charge on any atom is 0.0637 e. The van der Waals surface area contributed by atoms with Crippen LogP contribution in [0.15, 0.2) is 0 Å². The Labute approximate surface area is 81.5 Å². The SMILES string of the molecule is COC(C)(C)C[C@H](C)N[C@@H](C)CO. The summed E-state index contributed by atoms with van der Waals surface area (Å²) in [7, 11) is 1.72. The van der Waals surface area contributed by atoms with Gasteiger partial charge in [0.25, 0.3) is 0 Å². The smallest absolute Gasteiger partial charge is 0.0637 e. The average Bonchev–Trinajstić information content (AvgIpc) is 2.03. The first-order valence-electron chi connectivity index (χ1n) is 4.83. The number of hydrogen-bond acceptors (Lipinski definition) is 3. The molecule has 0 radical (unpaired) electrons. The van der Waals surface area contributed by atoms with Gasteiger partial charge in [-0.2, -0.15) is 0 Å². The van der Waals surface area contributed by atoms with E-state index in [-0.39, 0.29) is 18.2 Å². The topological polar surface area (TPSA) is 41.5 Å². The lowest BCUT2D eigenvalue weighted by molar-refractivity contribution is 0.00725. The second kappa shape index (κ2) is 5.58. The van der Waals surface area contributed by atoms with E-state index in [9.17, 15) is 0 Å². The van der Waals surface area contributed by atoms with Crippen molar-refractivity contribution in [3.8, 4) is 0 Å². The molecule has 0 saturated carbocycles. The molecular formula is C10H23NO2. The minimum absolute atomic E-state index is 0.0956. The Morgan fingerprint density at radius 2 is 1.85 bits per heavy atom. The summed E-state index contributed by atoms with van der Waals surface area (Å²) in [5, 5.41) is 12.1. The number of ether oxygens (including phenoxy) is 1. The first-order chi connectivity index (χ1) is 5.91. The van der Waals surface area contributed by atoms with Crippen LogP contribution in [0, 0.1) is 0 Å². The van der Waals surface area contributed by atoms with E-state index in [1.54, 1.807) is 7.11 Å². The second-order valence-electron chi connectivity index (χ2n) is 4.32. The molecule has 80 valence electrons. The van der Waals surface area contributed by atoms with Crippen LogP contribution in [-0.2, 0) is 4.74 Å². The number of aliphatic hydroxyl groups excluding tert-OH is 1. The van der Waals surface area contributed by atoms with Crippen LogP contribution < -0.4 is 5.32 Å². The maximum atomic E-state index is 8.85. The summed E-state index contributed by atoms with van der Waals surface area (Å²) < 4.78 is 5.32. The Bertz CT molecular complexity index is 137. The molecule has 0 aliphatic heterocycles. The molecule has 0 bridgehead atoms. The van der Waals surface area contributed by atoms with Crippen LogP contribution in [0.5, 0.6) is 0 Å². The van der Waals surface area contributed by atoms with Gasteiger partial charge in [0.15, 0.2) is 0 Å². The van der Waals surface area contributed by atoms with Gasteiger partial charge in [-0.15, -0.1) is 0 Å². The van der Waals surface area contributed by atoms with Gasteiger partial charge in [0.05, 0.1) is 12.2 Å². The number of rotatable bonds is 6. The Hall–Kier alpha value is -0.120. The summed E-state index contributed by atoms with van der Waals surface area (Å²) in [5.41, 5.74) is -0.0956. The zero-order valence-electron chi connectivity index (χ0n) is 9.42. The molecule has 0 aromatic rings. The Balaban J connectivity index is 3.79. The van der Waals surface area contributed by atoms with E-state index in [0.29, 0.717) is 6.04 Å². The largest absolute Gasteiger partial charge is 0.395 e. The minimum Gasteiger partial charge on any atom is -0.395 e. The molecular weight excluding hydrogens is 166 g/mol. The molecule has 0 aromatic heterocycles. The van der Waals surface area contributed by atoms with Gasteiger partial charge in [-0.05, 0) is 34.1 Å². The molecule has 0 fully saturated rings. The molecule has 0 unspecified atom stereocenters. The first-order valence-corrected chi connectivity index (χ1v) is 4.83. The van der Waals surface area contributed by atoms with Gasteiger partial charge in [0.2, 0.25) is 0 Å². The van der Waals surface area contributed by atoms with E-state index >= 15 is 0 Å². The van der Waals surface area contributed by atoms with E-state index < -0.39 is 0 Å². The van der Waals surface area contributed by atoms with Gasteiger partial charge in [-0.25, -0.2) is 0 Å². The molecule has 0 aromatic carbocycles. The van der Waals surface area contributed by atoms with E-state index in [0.717, 1.165) is 6.42 Å². The van der Waals surface area contributed by atoms with Crippen molar-refractivity contribution < 1.29 is 9.84 Å². The summed E-state index contributed by atoms with van der Waals surface area (Å²) in [5.74, 6) is 0. The van der Waals surface area contributed by atoms with Crippen molar-refractivity contribution in [1.29, 1.82) is 0 Å². The number of methoxy groups -OCH3 is 1. The first kappa shape index (κ1) is 12.9. The summed E-state index contributed by atoms with van der Waals surface area (Å²) in [6, 6.07) is 0.514. The third kappa shape index (κ3) is 6.02. The molecule has 2 N–H and O–H groups in total. The summed E-state index contributed by atoms with van der Waals surface area (Å²) in [6.45, 7) is 8.38. The lowest BCUT2D eigenvalue weighted by Crippen LogP contribution is -2.41. The summed E-state index contributed by atoms with van der Waals surface area (Å²) in [6.07, 6.45) is 0.938. The van der Waals surface area contributed by atoms with Crippen molar-refractivity contribution in [2.75, 3.05) is 13.7 Å². The van der Waals surface area contributed by atoms with E-state index in [1.165, 1.54) is 0 Å². The van der Waals surface area contributed by atoms with E-state index in [4.69, 9.17) is 9.84 Å². The molecule has 3 nitrogen and oxygen atoms in total. The van der Waals surface area contributed by atoms with Crippen molar-refractivity contribution in [1.82, 2.24) is 5.32 Å². The standard InChI is InChI=1S/C10H23NO2/c1-8(11-9(2)7-12)6-10(3,4)13-5/h8-9,11-12H,6-7H2,1-5H3/t8-,9-/m0/s1. The predicted octanol–water partition coefficient (Wildman–Crippen LogP) is 1.16. The number of aliphatic hydroxyl groups is 1. The Morgan fingerprint density at radius 1 is 1.31 bits per heavy atom. The van der Waals surface area contributed by atoms with Crippen LogP contribution in [0.2, 0.25) is 0 Å². The highest BCUT2D eigenvalue weighted by Gasteiger charge is 2.20. The van der Waals surface area contributed by atoms with Gasteiger partial charge in [-0.1, -0.05) is 0 Å². The average molecular weight is 189 g/mol. The fourth-order valence-corrected chi connectivity index (χ4v) is 1.42. The van der Waals surface area contributed by atoms with Crippen LogP contribution in [0.4, 0.5) is 0 Å². The fraction of sp³-hybridized carbons (Fsp3) is 1.00. The maximum absolute atomic E-state index is 8.85. The molecule has 0 aliphatic carbocycles. The number of nitrogens with one attached hydrogen (secondary N) is 1. The van der Waals surface area contributed by atoms with Gasteiger partial charge >= 0.3 is 0 Å². The highest BCUT2D eigenvalue weighted by Crippen LogP contribution is 2.15. The molecule has 0 amide bonds. The van der Waals surface area contributed by atoms with Gasteiger partial charge < -0.3 is 15.2 Å². The lowest BCUT2D eigenvalue weighted by Gasteiger charge is -2.28. The van der Waals surface area contributed by atoms with Crippen LogP contribution in [-0.4, -0.2) is 36.5 Å². The van der Waals surface area contributed by atoms with Gasteiger partial charge in [-0.3, -0.25) is 0 Å². The van der Waals surface area contributed by atoms with Crippen LogP contribution in [0.25, 0.3) is 0 Å². The molecule has 0 rings (SSSR count). The third-order valence-electron chi connectivity index (χ3n) is 2.19. The van der Waals surface area contributed by atoms with Crippen molar-refractivity contribution in [2.45, 2.75) is 51.8 Å². The number of hydrogen-bond donors (Lipinski definition) is 2. The highest BCUT2D eigenvalue weighted by molar-refractivity contribution is 4.76. The second-order valence-corrected chi connectivity index (χ2v) is 4.32. The third-order valence-corrected chi connectivity index (χ3v) is 2.19. The Morgan fingerprint density at radius 3 is 2.23 bits per heavy atom. The summed E-state index contributed by atoms with van der Waals surface area (Å²) >= 11 is 0. The molecule has 0 heterocycles. The van der Waals surface area contributed by atoms with Crippen molar-refractivity contribution in [3.05, 3.63) is 0 Å². The van der Waals surface area contributed by atoms with Crippen LogP contribution in [0.3, 0.4) is 0 Å². The van der Waals surface area contributed by atoms with Crippen molar-refractivity contribution in [3.63, 3.8) is 0 Å². The van der Waals surface area contributed by atoms with Crippen LogP contribution >= 0.6 is 0 Å². The summed E-state index contributed by atoms with van der Waals surface area (Å²) in [4.78, 5) is 0. The van der Waals surface area contributed by atoms with Crippen molar-refractivity contribution in [2.24, 2.45) is 0 Å². The monoisotopic (exact) mass is 189 g/mol. The molecule has 0 aliphatic rings. The molecule has 0 spiro atoms. The van der Waals surface area contributed by atoms with E-state index in [2.05, 4.69) is 26.1 Å². The van der Waals surface area contributed by atoms with Gasteiger partial charge in [0, 0.05) is 19.2 Å². The van der Waals surface area contributed by atoms with Crippen LogP contribution in [0.1, 0.15) is 34.1 Å². The zero-order valence-corrected chi connectivity index (χ0v) is 9.42. The molecule has 3 heteroatoms. The zero-order chi connectivity index (χ0) is 10.5. The highest BCUT2D eigenvalue weighted by atomic mass is 16.5. The quantitative estimate of drug-likeness (QED) is 0.659. The fourth-order valence-electron chi connectivity index (χ4n) is 1.42. The van der Waals surface area contributed by atoms with Crippen molar-refractivity contribution >= 4 is 0 Å². The van der Waals surface area contributed by atoms with Gasteiger partial charge in [0.1, 0.15) is 0 Å². The molecule has 2 atom stereocenters. The normalized spacial score (nSPS) is 17.1. The Kier molecular flexibility index (Phi) is 5.53.